The lowest BCUT2D eigenvalue weighted by Gasteiger charge is -2.31. The molecule has 3 nitrogen and oxygen atoms in total. The number of carbonyl (C=O) groups excluding carboxylic acids is 1. The Kier molecular flexibility index (Phi) is 5.18. The molecule has 1 fully saturated rings. The fourth-order valence-electron chi connectivity index (χ4n) is 3.00. The van der Waals surface area contributed by atoms with Crippen molar-refractivity contribution in [3.63, 3.8) is 0 Å². The Labute approximate surface area is 122 Å². The molecule has 1 N–H and O–H groups in total. The summed E-state index contributed by atoms with van der Waals surface area (Å²) < 4.78 is 0. The van der Waals surface area contributed by atoms with Crippen LogP contribution in [0.1, 0.15) is 50.3 Å². The molecule has 3 heteroatoms. The van der Waals surface area contributed by atoms with Gasteiger partial charge >= 0.3 is 0 Å². The largest absolute Gasteiger partial charge is 0.341 e. The lowest BCUT2D eigenvalue weighted by Crippen LogP contribution is -2.47. The second-order valence-electron chi connectivity index (χ2n) is 5.85. The fraction of sp³-hybridized carbons (Fsp3) is 0.588. The molecular weight excluding hydrogens is 248 g/mol. The van der Waals surface area contributed by atoms with Crippen LogP contribution in [0.5, 0.6) is 0 Å². The molecular formula is C17H26N2O. The summed E-state index contributed by atoms with van der Waals surface area (Å²) in [5, 5.41) is 3.44. The quantitative estimate of drug-likeness (QED) is 0.915. The number of carbonyl (C=O) groups is 1. The van der Waals surface area contributed by atoms with E-state index in [9.17, 15) is 4.79 Å². The average molecular weight is 274 g/mol. The number of rotatable bonds is 4. The minimum atomic E-state index is -0.122. The minimum Gasteiger partial charge on any atom is -0.341 e. The van der Waals surface area contributed by atoms with Crippen molar-refractivity contribution >= 4 is 5.91 Å². The lowest BCUT2D eigenvalue weighted by molar-refractivity contribution is -0.134. The molecule has 110 valence electrons. The highest BCUT2D eigenvalue weighted by atomic mass is 16.2. The summed E-state index contributed by atoms with van der Waals surface area (Å²) in [5.41, 5.74) is 2.54. The number of likely N-dealkylation sites (tertiary alicyclic amines) is 1. The first-order valence-corrected chi connectivity index (χ1v) is 7.70. The molecule has 0 aromatic heterocycles. The first kappa shape index (κ1) is 15.0. The maximum Gasteiger partial charge on any atom is 0.239 e. The fourth-order valence-corrected chi connectivity index (χ4v) is 3.00. The number of piperidine rings is 1. The van der Waals surface area contributed by atoms with Gasteiger partial charge in [0, 0.05) is 19.1 Å². The molecule has 2 unspecified atom stereocenters. The van der Waals surface area contributed by atoms with E-state index in [1.165, 1.54) is 17.5 Å². The monoisotopic (exact) mass is 274 g/mol. The van der Waals surface area contributed by atoms with Crippen molar-refractivity contribution in [1.82, 2.24) is 10.2 Å². The topological polar surface area (TPSA) is 32.3 Å². The second-order valence-corrected chi connectivity index (χ2v) is 5.85. The van der Waals surface area contributed by atoms with Crippen LogP contribution in [0.3, 0.4) is 0 Å². The van der Waals surface area contributed by atoms with Crippen LogP contribution in [-0.2, 0) is 4.79 Å². The summed E-state index contributed by atoms with van der Waals surface area (Å²) in [4.78, 5) is 14.4. The van der Waals surface area contributed by atoms with Gasteiger partial charge in [0.25, 0.3) is 0 Å². The van der Waals surface area contributed by atoms with Crippen molar-refractivity contribution in [1.29, 1.82) is 0 Å². The van der Waals surface area contributed by atoms with Gasteiger partial charge in [-0.05, 0) is 51.2 Å². The molecule has 1 aromatic carbocycles. The number of aryl methyl sites for hydroxylation is 1. The highest BCUT2D eigenvalue weighted by Gasteiger charge is 2.23. The summed E-state index contributed by atoms with van der Waals surface area (Å²) in [6.45, 7) is 8.06. The number of benzene rings is 1. The Bertz CT molecular complexity index is 452. The van der Waals surface area contributed by atoms with Crippen LogP contribution in [0.4, 0.5) is 0 Å². The van der Waals surface area contributed by atoms with Crippen LogP contribution in [0.2, 0.25) is 0 Å². The third-order valence-electron chi connectivity index (χ3n) is 4.19. The lowest BCUT2D eigenvalue weighted by atomic mass is 10.0. The van der Waals surface area contributed by atoms with E-state index in [0.29, 0.717) is 0 Å². The van der Waals surface area contributed by atoms with Crippen molar-refractivity contribution in [3.05, 3.63) is 35.4 Å². The second kappa shape index (κ2) is 6.89. The summed E-state index contributed by atoms with van der Waals surface area (Å²) in [6, 6.07) is 8.42. The number of nitrogens with one attached hydrogen (secondary N) is 1. The van der Waals surface area contributed by atoms with E-state index in [-0.39, 0.29) is 18.0 Å². The molecule has 1 aliphatic heterocycles. The van der Waals surface area contributed by atoms with Crippen molar-refractivity contribution in [2.45, 2.75) is 52.1 Å². The van der Waals surface area contributed by atoms with Crippen LogP contribution in [0.25, 0.3) is 0 Å². The van der Waals surface area contributed by atoms with Gasteiger partial charge in [0.05, 0.1) is 6.04 Å². The number of hydrogen-bond donors (Lipinski definition) is 1. The molecule has 1 heterocycles. The SMILES string of the molecule is Cc1ccccc1C(C)NC(C)C(=O)N1CCCCC1. The smallest absolute Gasteiger partial charge is 0.239 e. The van der Waals surface area contributed by atoms with Gasteiger partial charge in [-0.25, -0.2) is 0 Å². The highest BCUT2D eigenvalue weighted by Crippen LogP contribution is 2.18. The molecule has 1 aromatic rings. The van der Waals surface area contributed by atoms with Gasteiger partial charge in [0.1, 0.15) is 0 Å². The van der Waals surface area contributed by atoms with Crippen molar-refractivity contribution in [3.8, 4) is 0 Å². The van der Waals surface area contributed by atoms with Gasteiger partial charge in [0.2, 0.25) is 5.91 Å². The maximum atomic E-state index is 12.4. The van der Waals surface area contributed by atoms with Crippen LogP contribution in [-0.4, -0.2) is 29.9 Å². The van der Waals surface area contributed by atoms with E-state index >= 15 is 0 Å². The maximum absolute atomic E-state index is 12.4. The summed E-state index contributed by atoms with van der Waals surface area (Å²) in [6.07, 6.45) is 3.54. The Morgan fingerprint density at radius 1 is 1.15 bits per heavy atom. The Hall–Kier alpha value is -1.35. The zero-order valence-electron chi connectivity index (χ0n) is 12.9. The Morgan fingerprint density at radius 2 is 1.80 bits per heavy atom. The molecule has 0 spiro atoms. The van der Waals surface area contributed by atoms with E-state index in [0.717, 1.165) is 25.9 Å². The van der Waals surface area contributed by atoms with E-state index in [1.807, 2.05) is 17.9 Å². The van der Waals surface area contributed by atoms with Crippen LogP contribution in [0.15, 0.2) is 24.3 Å². The van der Waals surface area contributed by atoms with Gasteiger partial charge in [-0.15, -0.1) is 0 Å². The number of nitrogens with zero attached hydrogens (tertiary/aromatic N) is 1. The molecule has 0 saturated carbocycles. The average Bonchev–Trinajstić information content (AvgIpc) is 2.47. The Balaban J connectivity index is 1.95. The van der Waals surface area contributed by atoms with E-state index in [2.05, 4.69) is 37.4 Å². The molecule has 1 amide bonds. The first-order chi connectivity index (χ1) is 9.59. The third-order valence-corrected chi connectivity index (χ3v) is 4.19. The predicted molar refractivity (Wildman–Crippen MR) is 82.6 cm³/mol. The molecule has 0 radical (unpaired) electrons. The van der Waals surface area contributed by atoms with E-state index in [1.54, 1.807) is 0 Å². The minimum absolute atomic E-state index is 0.122. The molecule has 2 atom stereocenters. The highest BCUT2D eigenvalue weighted by molar-refractivity contribution is 5.81. The summed E-state index contributed by atoms with van der Waals surface area (Å²) in [7, 11) is 0. The van der Waals surface area contributed by atoms with Gasteiger partial charge in [-0.2, -0.15) is 0 Å². The molecule has 0 bridgehead atoms. The van der Waals surface area contributed by atoms with Crippen molar-refractivity contribution in [2.24, 2.45) is 0 Å². The third kappa shape index (κ3) is 3.60. The van der Waals surface area contributed by atoms with Crippen LogP contribution in [0, 0.1) is 6.92 Å². The van der Waals surface area contributed by atoms with Gasteiger partial charge in [0.15, 0.2) is 0 Å². The number of hydrogen-bond acceptors (Lipinski definition) is 2. The van der Waals surface area contributed by atoms with Crippen molar-refractivity contribution < 1.29 is 4.79 Å². The van der Waals surface area contributed by atoms with Crippen LogP contribution >= 0.6 is 0 Å². The Morgan fingerprint density at radius 3 is 2.45 bits per heavy atom. The van der Waals surface area contributed by atoms with Gasteiger partial charge in [-0.1, -0.05) is 24.3 Å². The molecule has 1 saturated heterocycles. The first-order valence-electron chi connectivity index (χ1n) is 7.70. The molecule has 0 aliphatic carbocycles. The normalized spacial score (nSPS) is 18.6. The standard InChI is InChI=1S/C17H26N2O/c1-13-9-5-6-10-16(13)14(2)18-15(3)17(20)19-11-7-4-8-12-19/h5-6,9-10,14-15,18H,4,7-8,11-12H2,1-3H3. The van der Waals surface area contributed by atoms with Crippen molar-refractivity contribution in [2.75, 3.05) is 13.1 Å². The van der Waals surface area contributed by atoms with Crippen LogP contribution < -0.4 is 5.32 Å². The predicted octanol–water partition coefficient (Wildman–Crippen LogP) is 3.05. The van der Waals surface area contributed by atoms with E-state index < -0.39 is 0 Å². The number of amides is 1. The molecule has 1 aliphatic rings. The van der Waals surface area contributed by atoms with Gasteiger partial charge in [-0.3, -0.25) is 10.1 Å². The summed E-state index contributed by atoms with van der Waals surface area (Å²) in [5.74, 6) is 0.241. The summed E-state index contributed by atoms with van der Waals surface area (Å²) >= 11 is 0. The zero-order chi connectivity index (χ0) is 14.5. The van der Waals surface area contributed by atoms with E-state index in [4.69, 9.17) is 0 Å². The zero-order valence-corrected chi connectivity index (χ0v) is 12.9. The van der Waals surface area contributed by atoms with Gasteiger partial charge < -0.3 is 4.90 Å². The molecule has 2 rings (SSSR count). The molecule has 20 heavy (non-hydrogen) atoms.